The average Bonchev–Trinajstić information content (AvgIpc) is 2.09. The van der Waals surface area contributed by atoms with Gasteiger partial charge in [-0.15, -0.1) is 0 Å². The average molecular weight is 179 g/mol. The maximum Gasteiger partial charge on any atom is 0.159 e. The van der Waals surface area contributed by atoms with Gasteiger partial charge >= 0.3 is 0 Å². The summed E-state index contributed by atoms with van der Waals surface area (Å²) in [6, 6.07) is 4.01. The van der Waals surface area contributed by atoms with E-state index in [9.17, 15) is 8.78 Å². The van der Waals surface area contributed by atoms with Crippen LogP contribution in [0.15, 0.2) is 24.4 Å². The predicted octanol–water partition coefficient (Wildman–Crippen LogP) is 2.82. The molecule has 2 aromatic rings. The minimum atomic E-state index is -0.830. The third-order valence-electron chi connectivity index (χ3n) is 2.00. The van der Waals surface area contributed by atoms with E-state index in [1.54, 1.807) is 19.2 Å². The molecule has 0 amide bonds. The van der Waals surface area contributed by atoms with Crippen LogP contribution in [0.2, 0.25) is 0 Å². The van der Waals surface area contributed by atoms with Gasteiger partial charge in [0.15, 0.2) is 11.6 Å². The molecule has 2 rings (SSSR count). The lowest BCUT2D eigenvalue weighted by molar-refractivity contribution is 0.511. The summed E-state index contributed by atoms with van der Waals surface area (Å²) in [7, 11) is 0. The van der Waals surface area contributed by atoms with Gasteiger partial charge in [-0.3, -0.25) is 4.98 Å². The van der Waals surface area contributed by atoms with Crippen molar-refractivity contribution in [1.29, 1.82) is 0 Å². The van der Waals surface area contributed by atoms with Gasteiger partial charge < -0.3 is 0 Å². The van der Waals surface area contributed by atoms with E-state index in [4.69, 9.17) is 0 Å². The van der Waals surface area contributed by atoms with Crippen LogP contribution in [0.4, 0.5) is 8.78 Å². The number of aromatic nitrogens is 1. The number of aryl methyl sites for hydroxylation is 1. The SMILES string of the molecule is Cc1nccc2cc(F)c(F)cc12. The van der Waals surface area contributed by atoms with Gasteiger partial charge in [0.05, 0.1) is 0 Å². The van der Waals surface area contributed by atoms with Crippen LogP contribution in [0.5, 0.6) is 0 Å². The van der Waals surface area contributed by atoms with Crippen LogP contribution in [0.3, 0.4) is 0 Å². The Kier molecular flexibility index (Phi) is 1.72. The van der Waals surface area contributed by atoms with Crippen molar-refractivity contribution in [3.63, 3.8) is 0 Å². The van der Waals surface area contributed by atoms with Gasteiger partial charge in [0.2, 0.25) is 0 Å². The van der Waals surface area contributed by atoms with Gasteiger partial charge in [0.25, 0.3) is 0 Å². The topological polar surface area (TPSA) is 12.9 Å². The van der Waals surface area contributed by atoms with Gasteiger partial charge in [-0.1, -0.05) is 0 Å². The second kappa shape index (κ2) is 2.76. The molecule has 0 atom stereocenters. The molecule has 66 valence electrons. The number of rotatable bonds is 0. The number of pyridine rings is 1. The molecule has 1 nitrogen and oxygen atoms in total. The Morgan fingerprint density at radius 2 is 1.85 bits per heavy atom. The zero-order chi connectivity index (χ0) is 9.42. The lowest BCUT2D eigenvalue weighted by atomic mass is 10.1. The first-order valence-corrected chi connectivity index (χ1v) is 3.89. The van der Waals surface area contributed by atoms with Crippen molar-refractivity contribution in [1.82, 2.24) is 4.98 Å². The normalized spacial score (nSPS) is 10.7. The molecule has 0 aliphatic carbocycles. The van der Waals surface area contributed by atoms with Crippen LogP contribution in [-0.4, -0.2) is 4.98 Å². The molecular weight excluding hydrogens is 172 g/mol. The summed E-state index contributed by atoms with van der Waals surface area (Å²) in [6.07, 6.45) is 1.58. The quantitative estimate of drug-likeness (QED) is 0.606. The molecule has 0 saturated heterocycles. The number of halogens is 2. The van der Waals surface area contributed by atoms with Crippen LogP contribution in [-0.2, 0) is 0 Å². The number of hydrogen-bond donors (Lipinski definition) is 0. The maximum absolute atomic E-state index is 12.8. The lowest BCUT2D eigenvalue weighted by Gasteiger charge is -2.01. The fourth-order valence-corrected chi connectivity index (χ4v) is 1.31. The van der Waals surface area contributed by atoms with Gasteiger partial charge in [0, 0.05) is 17.3 Å². The molecular formula is C10H7F2N. The molecule has 0 aliphatic rings. The van der Waals surface area contributed by atoms with Gasteiger partial charge in [-0.25, -0.2) is 8.78 Å². The van der Waals surface area contributed by atoms with E-state index < -0.39 is 11.6 Å². The highest BCUT2D eigenvalue weighted by Crippen LogP contribution is 2.19. The minimum Gasteiger partial charge on any atom is -0.261 e. The Bertz CT molecular complexity index is 466. The zero-order valence-corrected chi connectivity index (χ0v) is 7.01. The van der Waals surface area contributed by atoms with E-state index in [0.717, 1.165) is 0 Å². The first-order chi connectivity index (χ1) is 6.18. The van der Waals surface area contributed by atoms with Crippen molar-refractivity contribution in [2.45, 2.75) is 6.92 Å². The van der Waals surface area contributed by atoms with Crippen LogP contribution in [0.1, 0.15) is 5.69 Å². The predicted molar refractivity (Wildman–Crippen MR) is 46.4 cm³/mol. The van der Waals surface area contributed by atoms with E-state index in [-0.39, 0.29) is 0 Å². The molecule has 0 bridgehead atoms. The van der Waals surface area contributed by atoms with Crippen molar-refractivity contribution in [3.05, 3.63) is 41.7 Å². The molecule has 0 N–H and O–H groups in total. The molecule has 0 aliphatic heterocycles. The number of benzene rings is 1. The Hall–Kier alpha value is -1.51. The van der Waals surface area contributed by atoms with Gasteiger partial charge in [-0.05, 0) is 30.5 Å². The molecule has 1 aromatic carbocycles. The fraction of sp³-hybridized carbons (Fsp3) is 0.100. The standard InChI is InChI=1S/C10H7F2N/c1-6-8-5-10(12)9(11)4-7(8)2-3-13-6/h2-5H,1H3. The van der Waals surface area contributed by atoms with Crippen molar-refractivity contribution in [2.75, 3.05) is 0 Å². The molecule has 1 aromatic heterocycles. The summed E-state index contributed by atoms with van der Waals surface area (Å²) < 4.78 is 25.6. The van der Waals surface area contributed by atoms with Crippen molar-refractivity contribution >= 4 is 10.8 Å². The van der Waals surface area contributed by atoms with Crippen molar-refractivity contribution in [2.24, 2.45) is 0 Å². The van der Waals surface area contributed by atoms with Crippen molar-refractivity contribution in [3.8, 4) is 0 Å². The van der Waals surface area contributed by atoms with E-state index in [2.05, 4.69) is 4.98 Å². The smallest absolute Gasteiger partial charge is 0.159 e. The summed E-state index contributed by atoms with van der Waals surface area (Å²) in [4.78, 5) is 3.99. The third-order valence-corrected chi connectivity index (χ3v) is 2.00. The number of hydrogen-bond acceptors (Lipinski definition) is 1. The zero-order valence-electron chi connectivity index (χ0n) is 7.01. The summed E-state index contributed by atoms with van der Waals surface area (Å²) in [5.41, 5.74) is 0.705. The Morgan fingerprint density at radius 1 is 1.15 bits per heavy atom. The number of fused-ring (bicyclic) bond motifs is 1. The first-order valence-electron chi connectivity index (χ1n) is 3.89. The Morgan fingerprint density at radius 3 is 2.62 bits per heavy atom. The molecule has 0 fully saturated rings. The monoisotopic (exact) mass is 179 g/mol. The van der Waals surface area contributed by atoms with Gasteiger partial charge in [-0.2, -0.15) is 0 Å². The van der Waals surface area contributed by atoms with E-state index >= 15 is 0 Å². The summed E-state index contributed by atoms with van der Waals surface area (Å²) in [6.45, 7) is 1.76. The minimum absolute atomic E-state index is 0.654. The second-order valence-corrected chi connectivity index (χ2v) is 2.88. The molecule has 1 heterocycles. The Labute approximate surface area is 74.0 Å². The highest BCUT2D eigenvalue weighted by molar-refractivity contribution is 5.84. The van der Waals surface area contributed by atoms with Crippen LogP contribution < -0.4 is 0 Å². The lowest BCUT2D eigenvalue weighted by Crippen LogP contribution is -1.88. The summed E-state index contributed by atoms with van der Waals surface area (Å²) in [5.74, 6) is -1.65. The van der Waals surface area contributed by atoms with E-state index in [1.165, 1.54) is 12.1 Å². The molecule has 0 spiro atoms. The third kappa shape index (κ3) is 1.26. The van der Waals surface area contributed by atoms with Crippen molar-refractivity contribution < 1.29 is 8.78 Å². The second-order valence-electron chi connectivity index (χ2n) is 2.88. The van der Waals surface area contributed by atoms with Gasteiger partial charge in [0.1, 0.15) is 0 Å². The summed E-state index contributed by atoms with van der Waals surface area (Å²) in [5, 5.41) is 1.33. The fourth-order valence-electron chi connectivity index (χ4n) is 1.31. The van der Waals surface area contributed by atoms with Crippen LogP contribution in [0, 0.1) is 18.6 Å². The highest BCUT2D eigenvalue weighted by atomic mass is 19.2. The largest absolute Gasteiger partial charge is 0.261 e. The Balaban J connectivity index is 2.89. The highest BCUT2D eigenvalue weighted by Gasteiger charge is 2.05. The molecule has 0 unspecified atom stereocenters. The summed E-state index contributed by atoms with van der Waals surface area (Å²) >= 11 is 0. The first kappa shape index (κ1) is 8.10. The van der Waals surface area contributed by atoms with Crippen LogP contribution in [0.25, 0.3) is 10.8 Å². The van der Waals surface area contributed by atoms with E-state index in [1.807, 2.05) is 0 Å². The number of nitrogens with zero attached hydrogens (tertiary/aromatic N) is 1. The van der Waals surface area contributed by atoms with Crippen LogP contribution >= 0.6 is 0 Å². The molecule has 13 heavy (non-hydrogen) atoms. The van der Waals surface area contributed by atoms with E-state index in [0.29, 0.717) is 16.5 Å². The molecule has 3 heteroatoms. The molecule has 0 saturated carbocycles. The molecule has 0 radical (unpaired) electrons. The maximum atomic E-state index is 12.8.